The van der Waals surface area contributed by atoms with Gasteiger partial charge in [0.1, 0.15) is 5.75 Å². The molecule has 0 saturated carbocycles. The number of rotatable bonds is 6. The van der Waals surface area contributed by atoms with Crippen molar-refractivity contribution in [3.8, 4) is 5.75 Å². The van der Waals surface area contributed by atoms with E-state index >= 15 is 0 Å². The van der Waals surface area contributed by atoms with E-state index in [1.807, 2.05) is 48.4 Å². The lowest BCUT2D eigenvalue weighted by atomic mass is 9.88. The van der Waals surface area contributed by atoms with Crippen molar-refractivity contribution in [2.24, 2.45) is 0 Å². The van der Waals surface area contributed by atoms with Crippen molar-refractivity contribution < 1.29 is 14.3 Å². The van der Waals surface area contributed by atoms with Crippen LogP contribution in [0.15, 0.2) is 48.8 Å². The van der Waals surface area contributed by atoms with Gasteiger partial charge in [0.2, 0.25) is 0 Å². The number of methoxy groups -OCH3 is 1. The second-order valence-electron chi connectivity index (χ2n) is 7.78. The van der Waals surface area contributed by atoms with Crippen LogP contribution in [-0.2, 0) is 4.74 Å². The summed E-state index contributed by atoms with van der Waals surface area (Å²) in [7, 11) is 1.78. The molecular formula is C23H30N4O3. The van der Waals surface area contributed by atoms with Crippen LogP contribution in [-0.4, -0.2) is 66.3 Å². The molecule has 2 fully saturated rings. The van der Waals surface area contributed by atoms with Crippen LogP contribution < -0.4 is 10.1 Å². The summed E-state index contributed by atoms with van der Waals surface area (Å²) >= 11 is 0. The Hall–Kier alpha value is -2.64. The molecule has 1 N–H and O–H groups in total. The molecule has 30 heavy (non-hydrogen) atoms. The maximum absolute atomic E-state index is 12.8. The van der Waals surface area contributed by atoms with E-state index in [-0.39, 0.29) is 18.2 Å². The molecule has 7 nitrogen and oxygen atoms in total. The van der Waals surface area contributed by atoms with E-state index in [0.717, 1.165) is 32.5 Å². The van der Waals surface area contributed by atoms with E-state index in [2.05, 4.69) is 21.3 Å². The highest BCUT2D eigenvalue weighted by atomic mass is 16.5. The zero-order chi connectivity index (χ0) is 20.9. The Morgan fingerprint density at radius 3 is 2.70 bits per heavy atom. The second-order valence-corrected chi connectivity index (χ2v) is 7.78. The maximum atomic E-state index is 12.8. The van der Waals surface area contributed by atoms with E-state index in [0.29, 0.717) is 24.1 Å². The Kier molecular flexibility index (Phi) is 6.50. The van der Waals surface area contributed by atoms with Crippen LogP contribution in [0.3, 0.4) is 0 Å². The van der Waals surface area contributed by atoms with Gasteiger partial charge in [0.05, 0.1) is 24.4 Å². The molecule has 1 aromatic heterocycles. The number of urea groups is 1. The van der Waals surface area contributed by atoms with Crippen molar-refractivity contribution in [3.05, 3.63) is 54.4 Å². The van der Waals surface area contributed by atoms with Gasteiger partial charge in [-0.05, 0) is 43.5 Å². The average Bonchev–Trinajstić information content (AvgIpc) is 2.76. The van der Waals surface area contributed by atoms with Gasteiger partial charge in [-0.25, -0.2) is 4.79 Å². The normalized spacial score (nSPS) is 22.4. The molecule has 2 saturated heterocycles. The van der Waals surface area contributed by atoms with Crippen LogP contribution in [0, 0.1) is 0 Å². The van der Waals surface area contributed by atoms with Crippen LogP contribution in [0.2, 0.25) is 0 Å². The number of para-hydroxylation sites is 2. The molecule has 2 aromatic rings. The summed E-state index contributed by atoms with van der Waals surface area (Å²) in [5.74, 6) is 0.703. The predicted molar refractivity (Wildman–Crippen MR) is 116 cm³/mol. The lowest BCUT2D eigenvalue weighted by molar-refractivity contribution is -0.115. The third kappa shape index (κ3) is 4.27. The highest BCUT2D eigenvalue weighted by Crippen LogP contribution is 2.39. The number of pyridine rings is 1. The van der Waals surface area contributed by atoms with E-state index in [4.69, 9.17) is 9.47 Å². The first kappa shape index (κ1) is 20.6. The first-order valence-electron chi connectivity index (χ1n) is 10.7. The first-order valence-corrected chi connectivity index (χ1v) is 10.7. The van der Waals surface area contributed by atoms with Crippen molar-refractivity contribution >= 4 is 11.7 Å². The minimum atomic E-state index is -0.0669. The molecule has 0 bridgehead atoms. The molecule has 0 radical (unpaired) electrons. The molecule has 1 aromatic carbocycles. The molecule has 160 valence electrons. The lowest BCUT2D eigenvalue weighted by Gasteiger charge is -2.52. The largest absolute Gasteiger partial charge is 0.492 e. The van der Waals surface area contributed by atoms with Crippen LogP contribution in [0.5, 0.6) is 5.75 Å². The fourth-order valence-electron chi connectivity index (χ4n) is 4.48. The van der Waals surface area contributed by atoms with Crippen LogP contribution >= 0.6 is 0 Å². The van der Waals surface area contributed by atoms with E-state index < -0.39 is 0 Å². The van der Waals surface area contributed by atoms with Gasteiger partial charge in [0.25, 0.3) is 0 Å². The van der Waals surface area contributed by atoms with Crippen LogP contribution in [0.1, 0.15) is 31.4 Å². The summed E-state index contributed by atoms with van der Waals surface area (Å²) in [6, 6.07) is 12.3. The fourth-order valence-corrected chi connectivity index (χ4v) is 4.48. The topological polar surface area (TPSA) is 66.9 Å². The molecule has 3 heterocycles. The molecular weight excluding hydrogens is 380 g/mol. The zero-order valence-corrected chi connectivity index (χ0v) is 17.7. The highest BCUT2D eigenvalue weighted by molar-refractivity contribution is 5.91. The molecule has 2 aliphatic heterocycles. The number of ether oxygens (including phenoxy) is 2. The minimum Gasteiger partial charge on any atom is -0.492 e. The molecule has 4 rings (SSSR count). The Balaban J connectivity index is 1.34. The molecule has 0 unspecified atom stereocenters. The van der Waals surface area contributed by atoms with E-state index in [1.54, 1.807) is 13.3 Å². The molecule has 2 aliphatic rings. The summed E-state index contributed by atoms with van der Waals surface area (Å²) in [6.07, 6.45) is 5.84. The molecule has 0 spiro atoms. The summed E-state index contributed by atoms with van der Waals surface area (Å²) in [6.45, 7) is 4.90. The quantitative estimate of drug-likeness (QED) is 0.789. The third-order valence-corrected chi connectivity index (χ3v) is 6.08. The average molecular weight is 411 g/mol. The maximum Gasteiger partial charge on any atom is 0.321 e. The van der Waals surface area contributed by atoms with Crippen molar-refractivity contribution in [3.63, 3.8) is 0 Å². The lowest BCUT2D eigenvalue weighted by Crippen LogP contribution is -2.60. The number of likely N-dealkylation sites (tertiary alicyclic amines) is 2. The van der Waals surface area contributed by atoms with Gasteiger partial charge in [-0.2, -0.15) is 0 Å². The monoisotopic (exact) mass is 410 g/mol. The summed E-state index contributed by atoms with van der Waals surface area (Å²) in [5.41, 5.74) is 1.91. The van der Waals surface area contributed by atoms with Gasteiger partial charge in [-0.3, -0.25) is 9.88 Å². The second kappa shape index (κ2) is 9.45. The standard InChI is InChI=1S/C23H30N4O3/c1-3-30-20-9-5-4-8-19(20)25-23(28)26-13-10-18(11-14-26)27-16-21(29-2)22(27)17-7-6-12-24-15-17/h4-9,12,15,18,21-22H,3,10-11,13-14,16H2,1-2H3,(H,25,28)/t21-,22-/m1/s1. The summed E-state index contributed by atoms with van der Waals surface area (Å²) < 4.78 is 11.3. The number of hydrogen-bond acceptors (Lipinski definition) is 5. The third-order valence-electron chi connectivity index (χ3n) is 6.08. The number of hydrogen-bond donors (Lipinski definition) is 1. The summed E-state index contributed by atoms with van der Waals surface area (Å²) in [5, 5.41) is 3.01. The van der Waals surface area contributed by atoms with Gasteiger partial charge < -0.3 is 19.7 Å². The zero-order valence-electron chi connectivity index (χ0n) is 17.7. The highest BCUT2D eigenvalue weighted by Gasteiger charge is 2.44. The Morgan fingerprint density at radius 2 is 2.00 bits per heavy atom. The number of carbonyl (C=O) groups excluding carboxylic acids is 1. The Labute approximate surface area is 178 Å². The Morgan fingerprint density at radius 1 is 1.20 bits per heavy atom. The van der Waals surface area contributed by atoms with Gasteiger partial charge in [0.15, 0.2) is 0 Å². The summed E-state index contributed by atoms with van der Waals surface area (Å²) in [4.78, 5) is 21.5. The number of nitrogens with zero attached hydrogens (tertiary/aromatic N) is 3. The van der Waals surface area contributed by atoms with Gasteiger partial charge in [-0.1, -0.05) is 18.2 Å². The van der Waals surface area contributed by atoms with Gasteiger partial charge in [0, 0.05) is 45.2 Å². The molecule has 7 heteroatoms. The predicted octanol–water partition coefficient (Wildman–Crippen LogP) is 3.55. The Bertz CT molecular complexity index is 839. The number of benzene rings is 1. The molecule has 0 aliphatic carbocycles. The van der Waals surface area contributed by atoms with Gasteiger partial charge >= 0.3 is 6.03 Å². The number of anilines is 1. The van der Waals surface area contributed by atoms with Crippen molar-refractivity contribution in [2.75, 3.05) is 38.7 Å². The van der Waals surface area contributed by atoms with Crippen molar-refractivity contribution in [1.29, 1.82) is 0 Å². The minimum absolute atomic E-state index is 0.0669. The molecule has 2 amide bonds. The van der Waals surface area contributed by atoms with E-state index in [1.165, 1.54) is 5.56 Å². The van der Waals surface area contributed by atoms with Crippen LogP contribution in [0.4, 0.5) is 10.5 Å². The number of nitrogens with one attached hydrogen (secondary N) is 1. The van der Waals surface area contributed by atoms with E-state index in [9.17, 15) is 4.79 Å². The SMILES string of the molecule is CCOc1ccccc1NC(=O)N1CCC(N2C[C@@H](OC)[C@H]2c2cccnc2)CC1. The molecule has 2 atom stereocenters. The number of amides is 2. The number of piperidine rings is 1. The fraction of sp³-hybridized carbons (Fsp3) is 0.478. The van der Waals surface area contributed by atoms with Crippen LogP contribution in [0.25, 0.3) is 0 Å². The smallest absolute Gasteiger partial charge is 0.321 e. The van der Waals surface area contributed by atoms with Gasteiger partial charge in [-0.15, -0.1) is 0 Å². The first-order chi connectivity index (χ1) is 14.7. The van der Waals surface area contributed by atoms with Crippen molar-refractivity contribution in [2.45, 2.75) is 38.0 Å². The number of carbonyl (C=O) groups is 1. The van der Waals surface area contributed by atoms with Crippen molar-refractivity contribution in [1.82, 2.24) is 14.8 Å². The number of aromatic nitrogens is 1.